The first-order chi connectivity index (χ1) is 11.6. The molecule has 1 aliphatic heterocycles. The number of morpholine rings is 1. The molecule has 1 unspecified atom stereocenters. The van der Waals surface area contributed by atoms with E-state index >= 15 is 0 Å². The van der Waals surface area contributed by atoms with Crippen molar-refractivity contribution in [3.05, 3.63) is 35.6 Å². The molecule has 1 aromatic heterocycles. The Labute approximate surface area is 139 Å². The molecule has 128 valence electrons. The molecule has 2 amide bonds. The minimum atomic E-state index is -0.466. The molecular formula is C17H21N3O4. The molecule has 1 atom stereocenters. The largest absolute Gasteiger partial charge is 0.451 e. The van der Waals surface area contributed by atoms with Gasteiger partial charge in [-0.2, -0.15) is 0 Å². The van der Waals surface area contributed by atoms with E-state index in [4.69, 9.17) is 9.15 Å². The van der Waals surface area contributed by atoms with Crippen LogP contribution in [0.3, 0.4) is 0 Å². The van der Waals surface area contributed by atoms with Crippen molar-refractivity contribution in [1.82, 2.24) is 15.8 Å². The van der Waals surface area contributed by atoms with E-state index in [0.29, 0.717) is 31.9 Å². The minimum absolute atomic E-state index is 0.204. The molecule has 2 heterocycles. The van der Waals surface area contributed by atoms with Crippen molar-refractivity contribution < 1.29 is 18.7 Å². The summed E-state index contributed by atoms with van der Waals surface area (Å²) in [5, 5.41) is 0.885. The van der Waals surface area contributed by atoms with Crippen molar-refractivity contribution in [2.45, 2.75) is 19.9 Å². The second-order valence-corrected chi connectivity index (χ2v) is 5.82. The maximum absolute atomic E-state index is 12.3. The second-order valence-electron chi connectivity index (χ2n) is 5.82. The van der Waals surface area contributed by atoms with E-state index < -0.39 is 5.91 Å². The number of furan rings is 1. The summed E-state index contributed by atoms with van der Waals surface area (Å²) in [6.07, 6.45) is 0. The summed E-state index contributed by atoms with van der Waals surface area (Å²) < 4.78 is 10.9. The fraction of sp³-hybridized carbons (Fsp3) is 0.412. The number of hydrogen-bond donors (Lipinski definition) is 2. The standard InChI is InChI=1S/C17H21N3O4/c1-11-13-5-3-4-6-14(13)24-15(11)17(22)19-18-16(21)12(2)20-7-9-23-10-8-20/h3-6,12H,7-10H2,1-2H3,(H,18,21)(H,19,22). The van der Waals surface area contributed by atoms with Crippen LogP contribution >= 0.6 is 0 Å². The Bertz CT molecular complexity index is 749. The molecule has 1 saturated heterocycles. The van der Waals surface area contributed by atoms with Crippen LogP contribution in [-0.2, 0) is 9.53 Å². The van der Waals surface area contributed by atoms with E-state index in [1.165, 1.54) is 0 Å². The van der Waals surface area contributed by atoms with Crippen LogP contribution in [0.4, 0.5) is 0 Å². The van der Waals surface area contributed by atoms with Crippen molar-refractivity contribution >= 4 is 22.8 Å². The van der Waals surface area contributed by atoms with Crippen LogP contribution in [0.25, 0.3) is 11.0 Å². The Morgan fingerprint density at radius 1 is 1.17 bits per heavy atom. The van der Waals surface area contributed by atoms with Gasteiger partial charge in [-0.15, -0.1) is 0 Å². The summed E-state index contributed by atoms with van der Waals surface area (Å²) in [4.78, 5) is 26.5. The Hall–Kier alpha value is -2.38. The van der Waals surface area contributed by atoms with E-state index in [0.717, 1.165) is 10.9 Å². The Morgan fingerprint density at radius 2 is 1.88 bits per heavy atom. The molecule has 2 aromatic rings. The van der Waals surface area contributed by atoms with Gasteiger partial charge >= 0.3 is 5.91 Å². The van der Waals surface area contributed by atoms with Gasteiger partial charge in [-0.05, 0) is 19.9 Å². The van der Waals surface area contributed by atoms with Crippen molar-refractivity contribution in [3.63, 3.8) is 0 Å². The van der Waals surface area contributed by atoms with Gasteiger partial charge in [-0.25, -0.2) is 0 Å². The number of ether oxygens (including phenoxy) is 1. The van der Waals surface area contributed by atoms with Gasteiger partial charge in [0.15, 0.2) is 5.76 Å². The van der Waals surface area contributed by atoms with E-state index in [2.05, 4.69) is 10.9 Å². The predicted octanol–water partition coefficient (Wildman–Crippen LogP) is 1.22. The molecule has 0 bridgehead atoms. The summed E-state index contributed by atoms with van der Waals surface area (Å²) >= 11 is 0. The predicted molar refractivity (Wildman–Crippen MR) is 88.4 cm³/mol. The van der Waals surface area contributed by atoms with Gasteiger partial charge in [-0.1, -0.05) is 18.2 Å². The van der Waals surface area contributed by atoms with Gasteiger partial charge in [0.2, 0.25) is 0 Å². The molecular weight excluding hydrogens is 310 g/mol. The highest BCUT2D eigenvalue weighted by Crippen LogP contribution is 2.24. The topological polar surface area (TPSA) is 83.8 Å². The van der Waals surface area contributed by atoms with Crippen LogP contribution in [-0.4, -0.2) is 49.1 Å². The van der Waals surface area contributed by atoms with E-state index in [1.54, 1.807) is 13.0 Å². The van der Waals surface area contributed by atoms with Crippen LogP contribution < -0.4 is 10.9 Å². The zero-order valence-corrected chi connectivity index (χ0v) is 13.8. The first-order valence-electron chi connectivity index (χ1n) is 7.98. The van der Waals surface area contributed by atoms with Crippen molar-refractivity contribution in [1.29, 1.82) is 0 Å². The first-order valence-corrected chi connectivity index (χ1v) is 7.98. The molecule has 3 rings (SSSR count). The number of carbonyl (C=O) groups is 2. The number of amides is 2. The quantitative estimate of drug-likeness (QED) is 0.826. The Morgan fingerprint density at radius 3 is 2.58 bits per heavy atom. The number of hydrogen-bond acceptors (Lipinski definition) is 5. The number of para-hydroxylation sites is 1. The van der Waals surface area contributed by atoms with Crippen LogP contribution in [0.1, 0.15) is 23.0 Å². The smallest absolute Gasteiger partial charge is 0.305 e. The molecule has 1 aliphatic rings. The maximum Gasteiger partial charge on any atom is 0.305 e. The van der Waals surface area contributed by atoms with Crippen molar-refractivity contribution in [2.75, 3.05) is 26.3 Å². The molecule has 2 N–H and O–H groups in total. The average molecular weight is 331 g/mol. The molecule has 7 nitrogen and oxygen atoms in total. The minimum Gasteiger partial charge on any atom is -0.451 e. The normalized spacial score (nSPS) is 16.8. The van der Waals surface area contributed by atoms with Crippen LogP contribution in [0.15, 0.2) is 28.7 Å². The Balaban J connectivity index is 1.62. The summed E-state index contributed by atoms with van der Waals surface area (Å²) in [7, 11) is 0. The maximum atomic E-state index is 12.3. The van der Waals surface area contributed by atoms with E-state index in [9.17, 15) is 9.59 Å². The number of benzene rings is 1. The number of nitrogens with one attached hydrogen (secondary N) is 2. The third-order valence-corrected chi connectivity index (χ3v) is 4.32. The van der Waals surface area contributed by atoms with Crippen LogP contribution in [0, 0.1) is 6.92 Å². The molecule has 1 fully saturated rings. The monoisotopic (exact) mass is 331 g/mol. The summed E-state index contributed by atoms with van der Waals surface area (Å²) in [6, 6.07) is 7.09. The number of rotatable bonds is 3. The van der Waals surface area contributed by atoms with Crippen molar-refractivity contribution in [3.8, 4) is 0 Å². The lowest BCUT2D eigenvalue weighted by atomic mass is 10.1. The third kappa shape index (κ3) is 3.27. The highest BCUT2D eigenvalue weighted by atomic mass is 16.5. The summed E-state index contributed by atoms with van der Waals surface area (Å²) in [6.45, 7) is 6.25. The number of hydrazine groups is 1. The average Bonchev–Trinajstić information content (AvgIpc) is 2.96. The van der Waals surface area contributed by atoms with Gasteiger partial charge < -0.3 is 9.15 Å². The number of carbonyl (C=O) groups excluding carboxylic acids is 2. The van der Waals surface area contributed by atoms with Crippen LogP contribution in [0.5, 0.6) is 0 Å². The zero-order chi connectivity index (χ0) is 17.1. The van der Waals surface area contributed by atoms with Gasteiger partial charge in [0.1, 0.15) is 5.58 Å². The first kappa shape index (κ1) is 16.5. The SMILES string of the molecule is Cc1c(C(=O)NNC(=O)C(C)N2CCOCC2)oc2ccccc12. The summed E-state index contributed by atoms with van der Waals surface area (Å²) in [5.74, 6) is -0.527. The van der Waals surface area contributed by atoms with E-state index in [1.807, 2.05) is 30.0 Å². The molecule has 24 heavy (non-hydrogen) atoms. The van der Waals surface area contributed by atoms with Crippen molar-refractivity contribution in [2.24, 2.45) is 0 Å². The van der Waals surface area contributed by atoms with Gasteiger partial charge in [0.05, 0.1) is 19.3 Å². The van der Waals surface area contributed by atoms with Gasteiger partial charge in [-0.3, -0.25) is 25.3 Å². The van der Waals surface area contributed by atoms with Gasteiger partial charge in [0.25, 0.3) is 5.91 Å². The molecule has 0 spiro atoms. The molecule has 0 aliphatic carbocycles. The lowest BCUT2D eigenvalue weighted by Gasteiger charge is -2.31. The third-order valence-electron chi connectivity index (χ3n) is 4.32. The lowest BCUT2D eigenvalue weighted by molar-refractivity contribution is -0.128. The fourth-order valence-electron chi connectivity index (χ4n) is 2.80. The highest BCUT2D eigenvalue weighted by Gasteiger charge is 2.24. The highest BCUT2D eigenvalue weighted by molar-refractivity contribution is 5.99. The van der Waals surface area contributed by atoms with Crippen LogP contribution in [0.2, 0.25) is 0 Å². The number of fused-ring (bicyclic) bond motifs is 1. The number of nitrogens with zero attached hydrogens (tertiary/aromatic N) is 1. The fourth-order valence-corrected chi connectivity index (χ4v) is 2.80. The summed E-state index contributed by atoms with van der Waals surface area (Å²) in [5.41, 5.74) is 6.29. The number of aryl methyl sites for hydroxylation is 1. The lowest BCUT2D eigenvalue weighted by Crippen LogP contribution is -2.53. The molecule has 0 saturated carbocycles. The Kier molecular flexibility index (Phi) is 4.82. The molecule has 7 heteroatoms. The van der Waals surface area contributed by atoms with E-state index in [-0.39, 0.29) is 17.7 Å². The van der Waals surface area contributed by atoms with Gasteiger partial charge in [0, 0.05) is 24.0 Å². The second kappa shape index (κ2) is 7.02. The molecule has 0 radical (unpaired) electrons. The molecule has 1 aromatic carbocycles. The zero-order valence-electron chi connectivity index (χ0n) is 13.8.